The maximum Gasteiger partial charge on any atom is 0.326 e. The van der Waals surface area contributed by atoms with Crippen LogP contribution in [0, 0.1) is 0 Å². The first-order valence-corrected chi connectivity index (χ1v) is 7.44. The number of alkyl halides is 2. The molecule has 2 amide bonds. The molecule has 0 aromatic rings. The second-order valence-electron chi connectivity index (χ2n) is 4.15. The highest BCUT2D eigenvalue weighted by Crippen LogP contribution is 2.01. The number of carboxylic acids is 1. The lowest BCUT2D eigenvalue weighted by Gasteiger charge is -2.23. The van der Waals surface area contributed by atoms with Gasteiger partial charge in [0.25, 0.3) is 0 Å². The number of aliphatic imine (C=N–C) groups is 1. The van der Waals surface area contributed by atoms with Gasteiger partial charge in [-0.05, 0) is 12.8 Å². The summed E-state index contributed by atoms with van der Waals surface area (Å²) in [6, 6.07) is -1.52. The second-order valence-corrected chi connectivity index (χ2v) is 4.91. The molecule has 122 valence electrons. The van der Waals surface area contributed by atoms with Crippen molar-refractivity contribution < 1.29 is 14.7 Å². The minimum absolute atomic E-state index is 0.0543. The van der Waals surface area contributed by atoms with Gasteiger partial charge in [0.2, 0.25) is 0 Å². The molecule has 0 saturated heterocycles. The zero-order valence-electron chi connectivity index (χ0n) is 11.6. The monoisotopic (exact) mass is 341 g/mol. The van der Waals surface area contributed by atoms with Gasteiger partial charge in [0.15, 0.2) is 5.96 Å². The molecular formula is C11H21Cl2N5O3. The number of nitrogens with zero attached hydrogens (tertiary/aromatic N) is 2. The number of aliphatic carboxylic acids is 1. The number of rotatable bonds is 10. The fourth-order valence-corrected chi connectivity index (χ4v) is 1.93. The van der Waals surface area contributed by atoms with Crippen molar-refractivity contribution in [3.8, 4) is 0 Å². The van der Waals surface area contributed by atoms with Gasteiger partial charge in [-0.25, -0.2) is 9.59 Å². The lowest BCUT2D eigenvalue weighted by atomic mass is 10.1. The maximum atomic E-state index is 11.9. The summed E-state index contributed by atoms with van der Waals surface area (Å²) < 4.78 is 0. The maximum absolute atomic E-state index is 11.9. The fourth-order valence-electron chi connectivity index (χ4n) is 1.52. The molecule has 0 spiro atoms. The van der Waals surface area contributed by atoms with Crippen LogP contribution in [0.25, 0.3) is 0 Å². The van der Waals surface area contributed by atoms with Crippen molar-refractivity contribution in [2.45, 2.75) is 18.9 Å². The number of carbonyl (C=O) groups excluding carboxylic acids is 1. The molecule has 1 atom stereocenters. The summed E-state index contributed by atoms with van der Waals surface area (Å²) in [7, 11) is 0. The van der Waals surface area contributed by atoms with Crippen molar-refractivity contribution in [1.29, 1.82) is 0 Å². The summed E-state index contributed by atoms with van der Waals surface area (Å²) in [6.45, 7) is 0.885. The van der Waals surface area contributed by atoms with E-state index in [0.717, 1.165) is 0 Å². The van der Waals surface area contributed by atoms with Crippen LogP contribution in [-0.4, -0.2) is 65.4 Å². The number of hydrogen-bond donors (Lipinski definition) is 4. The molecular weight excluding hydrogens is 321 g/mol. The smallest absolute Gasteiger partial charge is 0.326 e. The average Bonchev–Trinajstić information content (AvgIpc) is 2.41. The SMILES string of the molecule is NC(N)=NCCC[C@H](NC(=O)N(CCCl)CCCl)C(=O)O. The van der Waals surface area contributed by atoms with Crippen LogP contribution in [0.2, 0.25) is 0 Å². The Balaban J connectivity index is 4.43. The third-order valence-electron chi connectivity index (χ3n) is 2.54. The van der Waals surface area contributed by atoms with Crippen LogP contribution < -0.4 is 16.8 Å². The summed E-state index contributed by atoms with van der Waals surface area (Å²) >= 11 is 11.2. The Hall–Kier alpha value is -1.41. The van der Waals surface area contributed by atoms with Crippen LogP contribution in [0.15, 0.2) is 4.99 Å². The Kier molecular flexibility index (Phi) is 10.5. The summed E-state index contributed by atoms with van der Waals surface area (Å²) in [5.74, 6) is -0.690. The van der Waals surface area contributed by atoms with E-state index in [2.05, 4.69) is 10.3 Å². The Morgan fingerprint density at radius 2 is 1.81 bits per heavy atom. The minimum atomic E-state index is -1.12. The van der Waals surface area contributed by atoms with Crippen molar-refractivity contribution >= 4 is 41.2 Å². The highest BCUT2D eigenvalue weighted by Gasteiger charge is 2.22. The highest BCUT2D eigenvalue weighted by molar-refractivity contribution is 6.18. The zero-order chi connectivity index (χ0) is 16.3. The van der Waals surface area contributed by atoms with E-state index in [-0.39, 0.29) is 24.1 Å². The van der Waals surface area contributed by atoms with Crippen LogP contribution in [0.5, 0.6) is 0 Å². The first-order valence-electron chi connectivity index (χ1n) is 6.38. The number of amides is 2. The van der Waals surface area contributed by atoms with Crippen molar-refractivity contribution in [2.75, 3.05) is 31.4 Å². The number of carboxylic acid groups (broad SMARTS) is 1. The molecule has 0 heterocycles. The van der Waals surface area contributed by atoms with Crippen LogP contribution in [-0.2, 0) is 4.79 Å². The number of guanidine groups is 1. The summed E-state index contributed by atoms with van der Waals surface area (Å²) in [5, 5.41) is 11.5. The van der Waals surface area contributed by atoms with Gasteiger partial charge in [-0.15, -0.1) is 23.2 Å². The van der Waals surface area contributed by atoms with Gasteiger partial charge in [0.1, 0.15) is 6.04 Å². The van der Waals surface area contributed by atoms with Crippen molar-refractivity contribution in [3.05, 3.63) is 0 Å². The molecule has 0 rings (SSSR count). The molecule has 0 saturated carbocycles. The predicted octanol–water partition coefficient (Wildman–Crippen LogP) is -0.0176. The van der Waals surface area contributed by atoms with Gasteiger partial charge in [0, 0.05) is 31.4 Å². The summed E-state index contributed by atoms with van der Waals surface area (Å²) in [4.78, 5) is 28.2. The van der Waals surface area contributed by atoms with Gasteiger partial charge in [-0.2, -0.15) is 0 Å². The van der Waals surface area contributed by atoms with E-state index in [1.165, 1.54) is 4.90 Å². The van der Waals surface area contributed by atoms with Gasteiger partial charge in [-0.1, -0.05) is 0 Å². The number of hydrogen-bond acceptors (Lipinski definition) is 3. The van der Waals surface area contributed by atoms with E-state index in [1.807, 2.05) is 0 Å². The molecule has 0 aromatic heterocycles. The minimum Gasteiger partial charge on any atom is -0.480 e. The molecule has 21 heavy (non-hydrogen) atoms. The van der Waals surface area contributed by atoms with E-state index in [1.54, 1.807) is 0 Å². The topological polar surface area (TPSA) is 134 Å². The molecule has 6 N–H and O–H groups in total. The molecule has 0 aliphatic heterocycles. The molecule has 0 aliphatic carbocycles. The number of nitrogens with one attached hydrogen (secondary N) is 1. The summed E-state index contributed by atoms with van der Waals surface area (Å²) in [6.07, 6.45) is 0.646. The van der Waals surface area contributed by atoms with E-state index in [4.69, 9.17) is 39.8 Å². The van der Waals surface area contributed by atoms with Crippen molar-refractivity contribution in [1.82, 2.24) is 10.2 Å². The quantitative estimate of drug-likeness (QED) is 0.192. The van der Waals surface area contributed by atoms with Crippen LogP contribution in [0.4, 0.5) is 4.79 Å². The number of carbonyl (C=O) groups is 2. The molecule has 0 aliphatic rings. The number of urea groups is 1. The molecule has 0 radical (unpaired) electrons. The van der Waals surface area contributed by atoms with Crippen LogP contribution in [0.3, 0.4) is 0 Å². The standard InChI is InChI=1S/C11H21Cl2N5O3/c12-3-6-18(7-4-13)11(21)17-8(9(19)20)2-1-5-16-10(14)15/h8H,1-7H2,(H,17,21)(H,19,20)(H4,14,15,16)/t8-/m0/s1. The third-order valence-corrected chi connectivity index (χ3v) is 2.88. The van der Waals surface area contributed by atoms with Gasteiger partial charge in [0.05, 0.1) is 0 Å². The van der Waals surface area contributed by atoms with Crippen LogP contribution >= 0.6 is 23.2 Å². The normalized spacial score (nSPS) is 11.5. The largest absolute Gasteiger partial charge is 0.480 e. The molecule has 10 heteroatoms. The lowest BCUT2D eigenvalue weighted by Crippen LogP contribution is -2.49. The van der Waals surface area contributed by atoms with Gasteiger partial charge >= 0.3 is 12.0 Å². The number of halogens is 2. The molecule has 0 unspecified atom stereocenters. The highest BCUT2D eigenvalue weighted by atomic mass is 35.5. The average molecular weight is 342 g/mol. The third kappa shape index (κ3) is 9.19. The predicted molar refractivity (Wildman–Crippen MR) is 82.9 cm³/mol. The molecule has 0 bridgehead atoms. The van der Waals surface area contributed by atoms with E-state index >= 15 is 0 Å². The summed E-state index contributed by atoms with van der Waals surface area (Å²) in [5.41, 5.74) is 10.3. The van der Waals surface area contributed by atoms with Crippen LogP contribution in [0.1, 0.15) is 12.8 Å². The molecule has 8 nitrogen and oxygen atoms in total. The lowest BCUT2D eigenvalue weighted by molar-refractivity contribution is -0.139. The van der Waals surface area contributed by atoms with Gasteiger partial charge < -0.3 is 26.8 Å². The molecule has 0 aromatic carbocycles. The molecule has 0 fully saturated rings. The first-order chi connectivity index (χ1) is 9.92. The Labute approximate surface area is 133 Å². The van der Waals surface area contributed by atoms with Gasteiger partial charge in [-0.3, -0.25) is 4.99 Å². The van der Waals surface area contributed by atoms with Crippen molar-refractivity contribution in [3.63, 3.8) is 0 Å². The Morgan fingerprint density at radius 3 is 2.24 bits per heavy atom. The second kappa shape index (κ2) is 11.3. The van der Waals surface area contributed by atoms with E-state index in [9.17, 15) is 9.59 Å². The first kappa shape index (κ1) is 19.6. The Morgan fingerprint density at radius 1 is 1.24 bits per heavy atom. The fraction of sp³-hybridized carbons (Fsp3) is 0.727. The van der Waals surface area contributed by atoms with E-state index < -0.39 is 18.0 Å². The zero-order valence-corrected chi connectivity index (χ0v) is 13.1. The van der Waals surface area contributed by atoms with Crippen molar-refractivity contribution in [2.24, 2.45) is 16.5 Å². The van der Waals surface area contributed by atoms with E-state index in [0.29, 0.717) is 26.1 Å². The number of nitrogens with two attached hydrogens (primary N) is 2. The Bertz CT molecular complexity index is 358.